The maximum absolute atomic E-state index is 13.9. The van der Waals surface area contributed by atoms with Crippen LogP contribution in [0.4, 0.5) is 15.8 Å². The van der Waals surface area contributed by atoms with Gasteiger partial charge in [-0.3, -0.25) is 19.9 Å². The molecule has 0 spiro atoms. The van der Waals surface area contributed by atoms with Crippen LogP contribution in [0, 0.1) is 15.9 Å². The third-order valence-electron chi connectivity index (χ3n) is 4.60. The topological polar surface area (TPSA) is 87.8 Å². The molecular weight excluding hydrogens is 431 g/mol. The Hall–Kier alpha value is -2.65. The summed E-state index contributed by atoms with van der Waals surface area (Å²) in [6.45, 7) is 0.661. The van der Waals surface area contributed by atoms with Gasteiger partial charge in [-0.05, 0) is 18.1 Å². The number of nitrogens with zero attached hydrogens (tertiary/aromatic N) is 3. The lowest BCUT2D eigenvalue weighted by Crippen LogP contribution is -2.33. The minimum absolute atomic E-state index is 0. The Bertz CT molecular complexity index is 930. The highest BCUT2D eigenvalue weighted by atomic mass is 35.5. The number of benzene rings is 2. The molecule has 1 saturated heterocycles. The second kappa shape index (κ2) is 10.9. The fourth-order valence-corrected chi connectivity index (χ4v) is 4.17. The molecular formula is C20H22ClFN4O3S. The van der Waals surface area contributed by atoms with E-state index in [2.05, 4.69) is 22.4 Å². The largest absolute Gasteiger partial charge is 0.350 e. The standard InChI is InChI=1S/C20H21FN4O3S.ClH/c1-24-16(13-29-20(24)22-10-9-14-5-3-2-4-6-14)12-19(26)23-18-11-15(25(27)28)7-8-17(18)21;/h2-8,11,16H,9-10,12-13H2,1H3,(H,23,26);1H/b22-20-;. The molecule has 1 N–H and O–H groups in total. The summed E-state index contributed by atoms with van der Waals surface area (Å²) in [5.74, 6) is -0.403. The molecule has 1 unspecified atom stereocenters. The van der Waals surface area contributed by atoms with Gasteiger partial charge in [-0.15, -0.1) is 12.4 Å². The lowest BCUT2D eigenvalue weighted by Gasteiger charge is -2.20. The van der Waals surface area contributed by atoms with E-state index in [9.17, 15) is 19.3 Å². The normalized spacial score (nSPS) is 16.9. The number of nitro benzene ring substituents is 1. The van der Waals surface area contributed by atoms with Crippen molar-refractivity contribution in [2.45, 2.75) is 18.9 Å². The second-order valence-electron chi connectivity index (χ2n) is 6.65. The molecule has 0 aliphatic carbocycles. The van der Waals surface area contributed by atoms with Gasteiger partial charge in [-0.25, -0.2) is 4.39 Å². The minimum Gasteiger partial charge on any atom is -0.350 e. The minimum atomic E-state index is -0.707. The number of amidine groups is 1. The molecule has 2 aromatic rings. The van der Waals surface area contributed by atoms with E-state index in [0.717, 1.165) is 29.8 Å². The van der Waals surface area contributed by atoms with Crippen molar-refractivity contribution in [3.63, 3.8) is 0 Å². The van der Waals surface area contributed by atoms with Crippen LogP contribution in [0.2, 0.25) is 0 Å². The average Bonchev–Trinajstić information content (AvgIpc) is 3.04. The van der Waals surface area contributed by atoms with E-state index in [1.807, 2.05) is 30.1 Å². The maximum Gasteiger partial charge on any atom is 0.271 e. The Balaban J connectivity index is 0.00000320. The van der Waals surface area contributed by atoms with Crippen LogP contribution in [-0.4, -0.2) is 46.3 Å². The fourth-order valence-electron chi connectivity index (χ4n) is 2.96. The summed E-state index contributed by atoms with van der Waals surface area (Å²) in [5.41, 5.74) is 0.759. The fraction of sp³-hybridized carbons (Fsp3) is 0.300. The number of thioether (sulfide) groups is 1. The molecule has 1 fully saturated rings. The van der Waals surface area contributed by atoms with E-state index in [0.29, 0.717) is 12.3 Å². The highest BCUT2D eigenvalue weighted by Gasteiger charge is 2.29. The van der Waals surface area contributed by atoms with Crippen molar-refractivity contribution >= 4 is 46.6 Å². The van der Waals surface area contributed by atoms with Crippen molar-refractivity contribution in [2.24, 2.45) is 4.99 Å². The quantitative estimate of drug-likeness (QED) is 0.504. The number of halogens is 2. The van der Waals surface area contributed by atoms with E-state index >= 15 is 0 Å². The van der Waals surface area contributed by atoms with Crippen molar-refractivity contribution < 1.29 is 14.1 Å². The maximum atomic E-state index is 13.9. The summed E-state index contributed by atoms with van der Waals surface area (Å²) in [5, 5.41) is 14.1. The number of carbonyl (C=O) groups excluding carboxylic acids is 1. The molecule has 1 aliphatic heterocycles. The SMILES string of the molecule is CN1/C(=N/CCc2ccccc2)SCC1CC(=O)Nc1cc([N+](=O)[O-])ccc1F.Cl. The summed E-state index contributed by atoms with van der Waals surface area (Å²) in [7, 11) is 1.88. The molecule has 0 aromatic heterocycles. The van der Waals surface area contributed by atoms with E-state index in [-0.39, 0.29) is 36.2 Å². The zero-order chi connectivity index (χ0) is 20.8. The predicted octanol–water partition coefficient (Wildman–Crippen LogP) is 4.13. The first-order chi connectivity index (χ1) is 13.9. The van der Waals surface area contributed by atoms with Gasteiger partial charge in [0.1, 0.15) is 5.82 Å². The van der Waals surface area contributed by atoms with Crippen LogP contribution in [-0.2, 0) is 11.2 Å². The van der Waals surface area contributed by atoms with Gasteiger partial charge in [-0.2, -0.15) is 0 Å². The lowest BCUT2D eigenvalue weighted by atomic mass is 10.2. The average molecular weight is 453 g/mol. The summed E-state index contributed by atoms with van der Waals surface area (Å²) in [4.78, 5) is 29.1. The second-order valence-corrected chi connectivity index (χ2v) is 7.64. The Morgan fingerprint density at radius 3 is 2.77 bits per heavy atom. The molecule has 1 atom stereocenters. The number of non-ortho nitro benzene ring substituents is 1. The predicted molar refractivity (Wildman–Crippen MR) is 120 cm³/mol. The van der Waals surface area contributed by atoms with Crippen LogP contribution < -0.4 is 5.32 Å². The van der Waals surface area contributed by atoms with Gasteiger partial charge in [0.25, 0.3) is 5.69 Å². The smallest absolute Gasteiger partial charge is 0.271 e. The molecule has 10 heteroatoms. The highest BCUT2D eigenvalue weighted by molar-refractivity contribution is 8.14. The first-order valence-corrected chi connectivity index (χ1v) is 10.1. The van der Waals surface area contributed by atoms with Crippen molar-refractivity contribution in [3.8, 4) is 0 Å². The van der Waals surface area contributed by atoms with Crippen molar-refractivity contribution in [2.75, 3.05) is 24.7 Å². The molecule has 3 rings (SSSR count). The van der Waals surface area contributed by atoms with Gasteiger partial charge in [-0.1, -0.05) is 42.1 Å². The van der Waals surface area contributed by atoms with Gasteiger partial charge in [0, 0.05) is 43.9 Å². The molecule has 1 aliphatic rings. The van der Waals surface area contributed by atoms with E-state index < -0.39 is 16.6 Å². The van der Waals surface area contributed by atoms with Gasteiger partial charge in [0.2, 0.25) is 5.91 Å². The van der Waals surface area contributed by atoms with E-state index in [1.54, 1.807) is 11.8 Å². The van der Waals surface area contributed by atoms with Crippen molar-refractivity contribution in [3.05, 3.63) is 70.0 Å². The highest BCUT2D eigenvalue weighted by Crippen LogP contribution is 2.26. The summed E-state index contributed by atoms with van der Waals surface area (Å²) >= 11 is 1.58. The third kappa shape index (κ3) is 6.17. The third-order valence-corrected chi connectivity index (χ3v) is 5.83. The molecule has 160 valence electrons. The monoisotopic (exact) mass is 452 g/mol. The van der Waals surface area contributed by atoms with Gasteiger partial charge >= 0.3 is 0 Å². The number of rotatable bonds is 7. The zero-order valence-corrected chi connectivity index (χ0v) is 17.9. The number of anilines is 1. The number of nitro groups is 1. The van der Waals surface area contributed by atoms with Crippen molar-refractivity contribution in [1.82, 2.24) is 4.90 Å². The molecule has 7 nitrogen and oxygen atoms in total. The summed E-state index contributed by atoms with van der Waals surface area (Å²) in [6.07, 6.45) is 0.985. The number of nitrogens with one attached hydrogen (secondary N) is 1. The Labute approximate surface area is 184 Å². The molecule has 30 heavy (non-hydrogen) atoms. The molecule has 0 saturated carbocycles. The van der Waals surface area contributed by atoms with Crippen LogP contribution >= 0.6 is 24.2 Å². The Morgan fingerprint density at radius 2 is 2.07 bits per heavy atom. The molecule has 0 radical (unpaired) electrons. The van der Waals surface area contributed by atoms with E-state index in [1.165, 1.54) is 5.56 Å². The van der Waals surface area contributed by atoms with Crippen LogP contribution in [0.15, 0.2) is 53.5 Å². The zero-order valence-electron chi connectivity index (χ0n) is 16.3. The summed E-state index contributed by atoms with van der Waals surface area (Å²) < 4.78 is 13.9. The number of aliphatic imine (C=N–C) groups is 1. The van der Waals surface area contributed by atoms with Gasteiger partial charge in [0.15, 0.2) is 5.17 Å². The Morgan fingerprint density at radius 1 is 1.33 bits per heavy atom. The van der Waals surface area contributed by atoms with Gasteiger partial charge < -0.3 is 10.2 Å². The van der Waals surface area contributed by atoms with Gasteiger partial charge in [0.05, 0.1) is 10.6 Å². The Kier molecular flexibility index (Phi) is 8.61. The molecule has 0 bridgehead atoms. The molecule has 1 amide bonds. The number of amides is 1. The van der Waals surface area contributed by atoms with Crippen LogP contribution in [0.25, 0.3) is 0 Å². The first-order valence-electron chi connectivity index (χ1n) is 9.12. The van der Waals surface area contributed by atoms with E-state index in [4.69, 9.17) is 0 Å². The number of hydrogen-bond acceptors (Lipinski definition) is 5. The van der Waals surface area contributed by atoms with Crippen LogP contribution in [0.1, 0.15) is 12.0 Å². The summed E-state index contributed by atoms with van der Waals surface area (Å²) in [6, 6.07) is 13.1. The van der Waals surface area contributed by atoms with Crippen molar-refractivity contribution in [1.29, 1.82) is 0 Å². The number of carbonyl (C=O) groups is 1. The first kappa shape index (κ1) is 23.6. The lowest BCUT2D eigenvalue weighted by molar-refractivity contribution is -0.384. The van der Waals surface area contributed by atoms with Crippen LogP contribution in [0.5, 0.6) is 0 Å². The number of hydrogen-bond donors (Lipinski definition) is 1. The molecule has 2 aromatic carbocycles. The molecule has 1 heterocycles. The van der Waals surface area contributed by atoms with Crippen LogP contribution in [0.3, 0.4) is 0 Å².